The normalized spacial score (nSPS) is 17.2. The van der Waals surface area contributed by atoms with Crippen molar-refractivity contribution >= 4 is 46.3 Å². The molecule has 1 fully saturated rings. The van der Waals surface area contributed by atoms with Gasteiger partial charge in [-0.15, -0.1) is 0 Å². The third-order valence-electron chi connectivity index (χ3n) is 3.37. The van der Waals surface area contributed by atoms with Gasteiger partial charge in [0.05, 0.1) is 4.91 Å². The van der Waals surface area contributed by atoms with Crippen LogP contribution in [0.15, 0.2) is 41.8 Å². The van der Waals surface area contributed by atoms with Gasteiger partial charge in [-0.3, -0.25) is 9.69 Å². The van der Waals surface area contributed by atoms with Crippen LogP contribution in [0, 0.1) is 0 Å². The molecule has 24 heavy (non-hydrogen) atoms. The number of hydrogen-bond donors (Lipinski definition) is 1. The summed E-state index contributed by atoms with van der Waals surface area (Å²) in [5.41, 5.74) is 0.725. The van der Waals surface area contributed by atoms with Gasteiger partial charge in [0.25, 0.3) is 5.91 Å². The number of ether oxygens (including phenoxy) is 1. The molecule has 0 spiro atoms. The molecular weight excluding hydrogens is 346 g/mol. The van der Waals surface area contributed by atoms with Gasteiger partial charge in [0, 0.05) is 5.56 Å². The predicted molar refractivity (Wildman–Crippen MR) is 98.9 cm³/mol. The van der Waals surface area contributed by atoms with Gasteiger partial charge in [-0.2, -0.15) is 0 Å². The zero-order valence-electron chi connectivity index (χ0n) is 13.1. The van der Waals surface area contributed by atoms with Gasteiger partial charge in [-0.1, -0.05) is 61.8 Å². The Labute approximate surface area is 150 Å². The van der Waals surface area contributed by atoms with E-state index in [9.17, 15) is 14.7 Å². The van der Waals surface area contributed by atoms with Crippen molar-refractivity contribution < 1.29 is 19.4 Å². The Morgan fingerprint density at radius 1 is 1.50 bits per heavy atom. The lowest BCUT2D eigenvalue weighted by Gasteiger charge is -2.21. The molecule has 2 rings (SSSR count). The van der Waals surface area contributed by atoms with Crippen LogP contribution in [0.25, 0.3) is 6.08 Å². The molecule has 0 unspecified atom stereocenters. The zero-order valence-corrected chi connectivity index (χ0v) is 14.7. The second-order valence-electron chi connectivity index (χ2n) is 4.95. The second kappa shape index (κ2) is 8.12. The Bertz CT molecular complexity index is 714. The van der Waals surface area contributed by atoms with Gasteiger partial charge in [-0.25, -0.2) is 4.79 Å². The minimum atomic E-state index is -1.07. The maximum Gasteiger partial charge on any atom is 0.326 e. The third-order valence-corrected chi connectivity index (χ3v) is 4.70. The number of amides is 1. The second-order valence-corrected chi connectivity index (χ2v) is 6.63. The van der Waals surface area contributed by atoms with Crippen LogP contribution in [0.2, 0.25) is 0 Å². The van der Waals surface area contributed by atoms with Crippen molar-refractivity contribution in [2.75, 3.05) is 6.61 Å². The number of para-hydroxylation sites is 1. The molecule has 1 aliphatic heterocycles. The van der Waals surface area contributed by atoms with Crippen molar-refractivity contribution in [2.45, 2.75) is 19.4 Å². The van der Waals surface area contributed by atoms with Crippen molar-refractivity contribution in [3.63, 3.8) is 0 Å². The van der Waals surface area contributed by atoms with E-state index < -0.39 is 17.9 Å². The predicted octanol–water partition coefficient (Wildman–Crippen LogP) is 3.32. The first kappa shape index (κ1) is 18.2. The highest BCUT2D eigenvalue weighted by Gasteiger charge is 2.39. The monoisotopic (exact) mass is 363 g/mol. The molecule has 1 aromatic rings. The number of thioether (sulfide) groups is 1. The van der Waals surface area contributed by atoms with Crippen LogP contribution in [-0.2, 0) is 9.59 Å². The Balaban J connectivity index is 2.32. The molecule has 0 aromatic heterocycles. The fourth-order valence-corrected chi connectivity index (χ4v) is 3.58. The Morgan fingerprint density at radius 3 is 2.83 bits per heavy atom. The van der Waals surface area contributed by atoms with Gasteiger partial charge in [0.15, 0.2) is 0 Å². The van der Waals surface area contributed by atoms with Crippen LogP contribution in [0.3, 0.4) is 0 Å². The number of carboxylic acid groups (broad SMARTS) is 1. The highest BCUT2D eigenvalue weighted by molar-refractivity contribution is 8.26. The molecule has 0 bridgehead atoms. The van der Waals surface area contributed by atoms with E-state index in [1.165, 1.54) is 4.90 Å². The molecule has 0 saturated carbocycles. The van der Waals surface area contributed by atoms with Crippen LogP contribution in [0.5, 0.6) is 5.75 Å². The summed E-state index contributed by atoms with van der Waals surface area (Å²) in [7, 11) is 0. The summed E-state index contributed by atoms with van der Waals surface area (Å²) in [4.78, 5) is 25.5. The highest BCUT2D eigenvalue weighted by Crippen LogP contribution is 2.35. The summed E-state index contributed by atoms with van der Waals surface area (Å²) in [6, 6.07) is 6.33. The molecule has 1 amide bonds. The number of carbonyl (C=O) groups is 2. The number of thiocarbonyl (C=S) groups is 1. The van der Waals surface area contributed by atoms with Crippen molar-refractivity contribution in [1.29, 1.82) is 0 Å². The van der Waals surface area contributed by atoms with E-state index in [1.807, 2.05) is 18.2 Å². The van der Waals surface area contributed by atoms with Crippen molar-refractivity contribution in [3.05, 3.63) is 47.4 Å². The molecule has 5 nitrogen and oxygen atoms in total. The molecule has 1 saturated heterocycles. The lowest BCUT2D eigenvalue weighted by molar-refractivity contribution is -0.145. The van der Waals surface area contributed by atoms with E-state index in [0.29, 0.717) is 17.3 Å². The molecule has 126 valence electrons. The van der Waals surface area contributed by atoms with Crippen LogP contribution in [0.1, 0.15) is 18.9 Å². The first-order valence-electron chi connectivity index (χ1n) is 7.32. The molecule has 7 heteroatoms. The number of rotatable bonds is 7. The van der Waals surface area contributed by atoms with Gasteiger partial charge in [0.2, 0.25) is 0 Å². The number of nitrogens with zero attached hydrogens (tertiary/aromatic N) is 1. The molecule has 1 N–H and O–H groups in total. The minimum Gasteiger partial charge on any atom is -0.489 e. The van der Waals surface area contributed by atoms with Gasteiger partial charge < -0.3 is 9.84 Å². The van der Waals surface area contributed by atoms with Gasteiger partial charge in [-0.05, 0) is 18.6 Å². The molecular formula is C17H17NO4S2. The minimum absolute atomic E-state index is 0.255. The highest BCUT2D eigenvalue weighted by atomic mass is 32.2. The third kappa shape index (κ3) is 3.85. The average Bonchev–Trinajstić information content (AvgIpc) is 2.82. The van der Waals surface area contributed by atoms with Crippen LogP contribution in [0.4, 0.5) is 0 Å². The average molecular weight is 363 g/mol. The maximum atomic E-state index is 12.6. The van der Waals surface area contributed by atoms with E-state index in [0.717, 1.165) is 17.3 Å². The fourth-order valence-electron chi connectivity index (χ4n) is 2.24. The summed E-state index contributed by atoms with van der Waals surface area (Å²) in [6.45, 7) is 5.67. The van der Waals surface area contributed by atoms with Crippen LogP contribution < -0.4 is 4.74 Å². The quantitative estimate of drug-likeness (QED) is 0.455. The lowest BCUT2D eigenvalue weighted by Crippen LogP contribution is -2.43. The van der Waals surface area contributed by atoms with Crippen molar-refractivity contribution in [1.82, 2.24) is 4.90 Å². The van der Waals surface area contributed by atoms with E-state index in [-0.39, 0.29) is 10.7 Å². The summed E-state index contributed by atoms with van der Waals surface area (Å²) in [5.74, 6) is -0.838. The van der Waals surface area contributed by atoms with E-state index >= 15 is 0 Å². The topological polar surface area (TPSA) is 66.8 Å². The number of benzene rings is 1. The van der Waals surface area contributed by atoms with Gasteiger partial charge >= 0.3 is 5.97 Å². The van der Waals surface area contributed by atoms with E-state index in [4.69, 9.17) is 17.0 Å². The van der Waals surface area contributed by atoms with Crippen LogP contribution in [-0.4, -0.2) is 38.9 Å². The molecule has 1 aliphatic rings. The number of carbonyl (C=O) groups excluding carboxylic acids is 1. The summed E-state index contributed by atoms with van der Waals surface area (Å²) in [5, 5.41) is 9.27. The zero-order chi connectivity index (χ0) is 17.7. The fraction of sp³-hybridized carbons (Fsp3) is 0.235. The van der Waals surface area contributed by atoms with Crippen LogP contribution >= 0.6 is 24.0 Å². The van der Waals surface area contributed by atoms with E-state index in [1.54, 1.807) is 25.1 Å². The smallest absolute Gasteiger partial charge is 0.326 e. The van der Waals surface area contributed by atoms with E-state index in [2.05, 4.69) is 6.58 Å². The molecule has 0 aliphatic carbocycles. The van der Waals surface area contributed by atoms with Crippen molar-refractivity contribution in [3.8, 4) is 5.75 Å². The first-order chi connectivity index (χ1) is 11.5. The Kier molecular flexibility index (Phi) is 6.16. The summed E-state index contributed by atoms with van der Waals surface area (Å²) >= 11 is 6.29. The number of aliphatic carboxylic acids is 1. The number of hydrogen-bond acceptors (Lipinski definition) is 5. The molecule has 1 heterocycles. The Hall–Kier alpha value is -2.12. The molecule has 1 aromatic carbocycles. The van der Waals surface area contributed by atoms with Crippen molar-refractivity contribution in [2.24, 2.45) is 0 Å². The lowest BCUT2D eigenvalue weighted by atomic mass is 10.1. The standard InChI is InChI=1S/C17H17NO4S2/c1-3-9-22-13-8-6-5-7-11(13)10-14-15(19)18(17(23)24-14)12(4-2)16(20)21/h3,5-8,10,12H,1,4,9H2,2H3,(H,20,21)/b14-10-/t12-/m0/s1. The summed E-state index contributed by atoms with van der Waals surface area (Å²) < 4.78 is 5.82. The molecule has 0 radical (unpaired) electrons. The van der Waals surface area contributed by atoms with Gasteiger partial charge in [0.1, 0.15) is 22.7 Å². The SMILES string of the molecule is C=CCOc1ccccc1/C=C1\SC(=S)N([C@@H](CC)C(=O)O)C1=O. The largest absolute Gasteiger partial charge is 0.489 e. The first-order valence-corrected chi connectivity index (χ1v) is 8.54. The molecule has 1 atom stereocenters. The number of carboxylic acids is 1. The maximum absolute atomic E-state index is 12.6. The Morgan fingerprint density at radius 2 is 2.21 bits per heavy atom. The summed E-state index contributed by atoms with van der Waals surface area (Å²) in [6.07, 6.45) is 3.59.